The van der Waals surface area contributed by atoms with E-state index in [0.29, 0.717) is 29.8 Å². The van der Waals surface area contributed by atoms with Crippen molar-refractivity contribution in [3.63, 3.8) is 0 Å². The van der Waals surface area contributed by atoms with Crippen molar-refractivity contribution in [1.82, 2.24) is 25.8 Å². The van der Waals surface area contributed by atoms with E-state index in [9.17, 15) is 29.1 Å². The van der Waals surface area contributed by atoms with Gasteiger partial charge in [-0.2, -0.15) is 0 Å². The molecule has 2 atom stereocenters. The van der Waals surface area contributed by atoms with Gasteiger partial charge in [-0.1, -0.05) is 55.8 Å². The highest BCUT2D eigenvalue weighted by Gasteiger charge is 2.34. The summed E-state index contributed by atoms with van der Waals surface area (Å²) >= 11 is 6.09. The normalized spacial score (nSPS) is 14.9. The van der Waals surface area contributed by atoms with E-state index in [1.54, 1.807) is 38.2 Å². The monoisotopic (exact) mass is 579 g/mol. The molecule has 1 aromatic rings. The van der Waals surface area contributed by atoms with E-state index >= 15 is 0 Å². The zero-order valence-electron chi connectivity index (χ0n) is 23.4. The second kappa shape index (κ2) is 17.4. The third-order valence-electron chi connectivity index (χ3n) is 7.10. The molecular formula is C28H42ClN5O6. The number of rotatable bonds is 15. The standard InChI is InChI=1S/C28H42ClN5O6/c1-3-30-27(38)31-14-15-33(2)25(36)13-12-23(19-35)32-26(37)24(17-20-8-5-4-6-9-20)34(28(39)40)18-21-10-7-11-22(29)16-21/h7,10-11,16,19-20,23-24H,3-6,8-9,12-15,17-18H2,1-2H3,(H,32,37)(H,39,40)(H2,30,31,38)/t23-,24-/m0/s1. The summed E-state index contributed by atoms with van der Waals surface area (Å²) in [6.45, 7) is 2.82. The number of halogens is 1. The second-order valence-electron chi connectivity index (χ2n) is 10.2. The van der Waals surface area contributed by atoms with Crippen LogP contribution in [-0.4, -0.2) is 83.9 Å². The highest BCUT2D eigenvalue weighted by atomic mass is 35.5. The first kappa shape index (κ1) is 32.9. The number of amides is 5. The molecule has 1 aliphatic carbocycles. The van der Waals surface area contributed by atoms with Crippen LogP contribution < -0.4 is 16.0 Å². The summed E-state index contributed by atoms with van der Waals surface area (Å²) in [5.74, 6) is -0.603. The zero-order chi connectivity index (χ0) is 29.5. The first-order valence-corrected chi connectivity index (χ1v) is 14.3. The highest BCUT2D eigenvalue weighted by Crippen LogP contribution is 2.29. The van der Waals surface area contributed by atoms with Crippen LogP contribution in [0.4, 0.5) is 9.59 Å². The van der Waals surface area contributed by atoms with E-state index in [4.69, 9.17) is 11.6 Å². The third-order valence-corrected chi connectivity index (χ3v) is 7.34. The minimum atomic E-state index is -1.24. The van der Waals surface area contributed by atoms with E-state index in [1.807, 2.05) is 0 Å². The van der Waals surface area contributed by atoms with Gasteiger partial charge in [0.05, 0.1) is 6.04 Å². The van der Waals surface area contributed by atoms with Crippen molar-refractivity contribution in [1.29, 1.82) is 0 Å². The Balaban J connectivity index is 2.04. The van der Waals surface area contributed by atoms with Crippen LogP contribution in [0.3, 0.4) is 0 Å². The summed E-state index contributed by atoms with van der Waals surface area (Å²) in [5.41, 5.74) is 0.651. The number of urea groups is 1. The van der Waals surface area contributed by atoms with Gasteiger partial charge in [0.15, 0.2) is 0 Å². The minimum absolute atomic E-state index is 0.000204. The number of carbonyl (C=O) groups excluding carboxylic acids is 4. The Morgan fingerprint density at radius 3 is 2.50 bits per heavy atom. The van der Waals surface area contributed by atoms with Gasteiger partial charge < -0.3 is 30.8 Å². The molecule has 4 N–H and O–H groups in total. The Morgan fingerprint density at radius 2 is 1.88 bits per heavy atom. The van der Waals surface area contributed by atoms with Crippen LogP contribution in [0.1, 0.15) is 63.9 Å². The molecule has 1 fully saturated rings. The third kappa shape index (κ3) is 11.4. The van der Waals surface area contributed by atoms with Crippen LogP contribution in [0.5, 0.6) is 0 Å². The summed E-state index contributed by atoms with van der Waals surface area (Å²) in [6.07, 6.45) is 4.78. The van der Waals surface area contributed by atoms with Crippen molar-refractivity contribution >= 4 is 41.8 Å². The molecule has 0 unspecified atom stereocenters. The van der Waals surface area contributed by atoms with Crippen LogP contribution in [0, 0.1) is 5.92 Å². The predicted octanol–water partition coefficient (Wildman–Crippen LogP) is 3.40. The van der Waals surface area contributed by atoms with Crippen LogP contribution >= 0.6 is 11.6 Å². The Labute approximate surface area is 241 Å². The smallest absolute Gasteiger partial charge is 0.408 e. The molecule has 40 heavy (non-hydrogen) atoms. The number of nitrogens with one attached hydrogen (secondary N) is 3. The zero-order valence-corrected chi connectivity index (χ0v) is 24.1. The number of aldehydes is 1. The van der Waals surface area contributed by atoms with Gasteiger partial charge in [0.1, 0.15) is 12.3 Å². The number of benzene rings is 1. The van der Waals surface area contributed by atoms with Gasteiger partial charge in [-0.05, 0) is 43.4 Å². The maximum absolute atomic E-state index is 13.5. The van der Waals surface area contributed by atoms with Crippen molar-refractivity contribution in [2.24, 2.45) is 5.92 Å². The van der Waals surface area contributed by atoms with E-state index in [2.05, 4.69) is 16.0 Å². The fourth-order valence-electron chi connectivity index (χ4n) is 4.87. The maximum Gasteiger partial charge on any atom is 0.408 e. The number of carbonyl (C=O) groups is 5. The van der Waals surface area contributed by atoms with E-state index in [1.165, 1.54) is 4.90 Å². The van der Waals surface area contributed by atoms with E-state index in [0.717, 1.165) is 37.0 Å². The molecule has 11 nitrogen and oxygen atoms in total. The molecule has 12 heteroatoms. The molecule has 0 aliphatic heterocycles. The summed E-state index contributed by atoms with van der Waals surface area (Å²) < 4.78 is 0. The van der Waals surface area contributed by atoms with Gasteiger partial charge in [-0.15, -0.1) is 0 Å². The first-order valence-electron chi connectivity index (χ1n) is 13.9. The highest BCUT2D eigenvalue weighted by molar-refractivity contribution is 6.30. The lowest BCUT2D eigenvalue weighted by molar-refractivity contribution is -0.132. The minimum Gasteiger partial charge on any atom is -0.465 e. The average molecular weight is 580 g/mol. The molecule has 5 amide bonds. The van der Waals surface area contributed by atoms with Crippen molar-refractivity contribution in [2.45, 2.75) is 76.9 Å². The van der Waals surface area contributed by atoms with Gasteiger partial charge in [0, 0.05) is 44.7 Å². The Bertz CT molecular complexity index is 1000. The van der Waals surface area contributed by atoms with Crippen LogP contribution in [0.25, 0.3) is 0 Å². The second-order valence-corrected chi connectivity index (χ2v) is 10.6. The van der Waals surface area contributed by atoms with E-state index < -0.39 is 24.1 Å². The summed E-state index contributed by atoms with van der Waals surface area (Å²) in [5, 5.41) is 18.5. The Hall–Kier alpha value is -3.34. The quantitative estimate of drug-likeness (QED) is 0.234. The predicted molar refractivity (Wildman–Crippen MR) is 152 cm³/mol. The van der Waals surface area contributed by atoms with Gasteiger partial charge in [-0.3, -0.25) is 14.5 Å². The molecule has 0 bridgehead atoms. The number of likely N-dealkylation sites (N-methyl/N-ethyl adjacent to an activating group) is 1. The van der Waals surface area contributed by atoms with Gasteiger partial charge in [0.25, 0.3) is 0 Å². The molecule has 1 saturated carbocycles. The molecular weight excluding hydrogens is 538 g/mol. The summed E-state index contributed by atoms with van der Waals surface area (Å²) in [7, 11) is 1.59. The Morgan fingerprint density at radius 1 is 1.15 bits per heavy atom. The number of nitrogens with zero attached hydrogens (tertiary/aromatic N) is 2. The number of carboxylic acid groups (broad SMARTS) is 1. The van der Waals surface area contributed by atoms with Crippen LogP contribution in [0.2, 0.25) is 5.02 Å². The van der Waals surface area contributed by atoms with Gasteiger partial charge in [-0.25, -0.2) is 9.59 Å². The molecule has 1 aliphatic rings. The van der Waals surface area contributed by atoms with Crippen molar-refractivity contribution in [2.75, 3.05) is 26.7 Å². The molecule has 0 radical (unpaired) electrons. The van der Waals surface area contributed by atoms with Crippen LogP contribution in [-0.2, 0) is 20.9 Å². The largest absolute Gasteiger partial charge is 0.465 e. The number of hydrogen-bond acceptors (Lipinski definition) is 5. The summed E-state index contributed by atoms with van der Waals surface area (Å²) in [4.78, 5) is 64.3. The lowest BCUT2D eigenvalue weighted by Gasteiger charge is -2.33. The molecule has 1 aromatic carbocycles. The van der Waals surface area contributed by atoms with Crippen molar-refractivity contribution < 1.29 is 29.1 Å². The summed E-state index contributed by atoms with van der Waals surface area (Å²) in [6, 6.07) is 4.56. The molecule has 222 valence electrons. The number of hydrogen-bond donors (Lipinski definition) is 4. The molecule has 0 saturated heterocycles. The van der Waals surface area contributed by atoms with Gasteiger partial charge in [0.2, 0.25) is 11.8 Å². The molecule has 0 heterocycles. The van der Waals surface area contributed by atoms with Crippen molar-refractivity contribution in [3.05, 3.63) is 34.9 Å². The van der Waals surface area contributed by atoms with E-state index in [-0.39, 0.29) is 50.3 Å². The fraction of sp³-hybridized carbons (Fsp3) is 0.607. The molecule has 2 rings (SSSR count). The lowest BCUT2D eigenvalue weighted by Crippen LogP contribution is -2.52. The average Bonchev–Trinajstić information content (AvgIpc) is 2.93. The fourth-order valence-corrected chi connectivity index (χ4v) is 5.08. The lowest BCUT2D eigenvalue weighted by atomic mass is 9.84. The molecule has 0 spiro atoms. The van der Waals surface area contributed by atoms with Crippen LogP contribution in [0.15, 0.2) is 24.3 Å². The first-order chi connectivity index (χ1) is 19.1. The SMILES string of the molecule is CCNC(=O)NCCN(C)C(=O)CC[C@@H](C=O)NC(=O)[C@H](CC1CCCCC1)N(Cc1cccc(Cl)c1)C(=O)O. The Kier molecular flexibility index (Phi) is 14.3. The van der Waals surface area contributed by atoms with Crippen molar-refractivity contribution in [3.8, 4) is 0 Å². The molecule has 0 aromatic heterocycles. The maximum atomic E-state index is 13.5. The van der Waals surface area contributed by atoms with Gasteiger partial charge >= 0.3 is 12.1 Å². The topological polar surface area (TPSA) is 148 Å².